The maximum absolute atomic E-state index is 12.7. The number of fused-ring (bicyclic) bond motifs is 1. The lowest BCUT2D eigenvalue weighted by Crippen LogP contribution is -2.31. The predicted octanol–water partition coefficient (Wildman–Crippen LogP) is 3.77. The van der Waals surface area contributed by atoms with Gasteiger partial charge in [-0.05, 0) is 32.1 Å². The third kappa shape index (κ3) is 4.56. The smallest absolute Gasteiger partial charge is 0.197 e. The van der Waals surface area contributed by atoms with Gasteiger partial charge in [-0.3, -0.25) is 4.79 Å². The summed E-state index contributed by atoms with van der Waals surface area (Å²) in [6.07, 6.45) is 0.220. The predicted molar refractivity (Wildman–Crippen MR) is 114 cm³/mol. The molecule has 2 aromatic carbocycles. The van der Waals surface area contributed by atoms with E-state index in [0.29, 0.717) is 17.1 Å². The molecule has 0 radical (unpaired) electrons. The number of halogens is 1. The van der Waals surface area contributed by atoms with Crippen LogP contribution in [0.2, 0.25) is 5.02 Å². The fourth-order valence-electron chi connectivity index (χ4n) is 3.48. The number of rotatable bonds is 7. The fourth-order valence-corrected chi connectivity index (χ4v) is 3.71. The van der Waals surface area contributed by atoms with Gasteiger partial charge in [0.2, 0.25) is 0 Å². The van der Waals surface area contributed by atoms with Gasteiger partial charge in [-0.1, -0.05) is 30.7 Å². The van der Waals surface area contributed by atoms with Gasteiger partial charge in [0, 0.05) is 36.2 Å². The molecule has 3 rings (SSSR count). The van der Waals surface area contributed by atoms with E-state index in [2.05, 4.69) is 0 Å². The quantitative estimate of drug-likeness (QED) is 0.541. The standard InChI is InChI=1S/C22H24ClNO5/c1-3-8-24(2)12-13(25)9-15-17(26)10-18(27)21-19(28)11-20(29-22(15)21)14-6-4-5-7-16(14)23/h4-7,10-11,13,25-27H,3,8-9,12H2,1-2H3/t13-/m0/s1. The normalized spacial score (nSPS) is 12.6. The maximum Gasteiger partial charge on any atom is 0.197 e. The van der Waals surface area contributed by atoms with Gasteiger partial charge in [0.25, 0.3) is 0 Å². The first kappa shape index (κ1) is 21.2. The van der Waals surface area contributed by atoms with Crippen molar-refractivity contribution in [2.75, 3.05) is 20.1 Å². The van der Waals surface area contributed by atoms with Crippen molar-refractivity contribution in [3.8, 4) is 22.8 Å². The van der Waals surface area contributed by atoms with E-state index >= 15 is 0 Å². The van der Waals surface area contributed by atoms with E-state index in [1.807, 2.05) is 18.9 Å². The molecule has 3 aromatic rings. The van der Waals surface area contributed by atoms with Crippen LogP contribution in [-0.4, -0.2) is 46.5 Å². The van der Waals surface area contributed by atoms with Gasteiger partial charge in [-0.15, -0.1) is 0 Å². The van der Waals surface area contributed by atoms with Crippen molar-refractivity contribution in [1.29, 1.82) is 0 Å². The first-order chi connectivity index (χ1) is 13.8. The van der Waals surface area contributed by atoms with E-state index in [1.54, 1.807) is 24.3 Å². The summed E-state index contributed by atoms with van der Waals surface area (Å²) in [5, 5.41) is 31.5. The monoisotopic (exact) mass is 417 g/mol. The van der Waals surface area contributed by atoms with Crippen LogP contribution in [0.3, 0.4) is 0 Å². The van der Waals surface area contributed by atoms with E-state index in [-0.39, 0.29) is 40.2 Å². The summed E-state index contributed by atoms with van der Waals surface area (Å²) >= 11 is 6.23. The third-order valence-corrected chi connectivity index (χ3v) is 5.10. The molecule has 29 heavy (non-hydrogen) atoms. The Morgan fingerprint density at radius 1 is 1.17 bits per heavy atom. The second-order valence-electron chi connectivity index (χ2n) is 7.17. The fraction of sp³-hybridized carbons (Fsp3) is 0.318. The molecule has 0 fully saturated rings. The van der Waals surface area contributed by atoms with E-state index in [0.717, 1.165) is 19.0 Å². The molecule has 154 valence electrons. The SMILES string of the molecule is CCCN(C)C[C@@H](O)Cc1c(O)cc(O)c2c(=O)cc(-c3ccccc3Cl)oc12. The van der Waals surface area contributed by atoms with E-state index < -0.39 is 11.5 Å². The van der Waals surface area contributed by atoms with Gasteiger partial charge < -0.3 is 24.6 Å². The summed E-state index contributed by atoms with van der Waals surface area (Å²) in [7, 11) is 1.90. The van der Waals surface area contributed by atoms with Crippen LogP contribution >= 0.6 is 11.6 Å². The molecule has 0 saturated carbocycles. The Labute approximate surface area is 173 Å². The minimum Gasteiger partial charge on any atom is -0.507 e. The van der Waals surface area contributed by atoms with Gasteiger partial charge >= 0.3 is 0 Å². The molecule has 0 aliphatic carbocycles. The number of aromatic hydroxyl groups is 2. The topological polar surface area (TPSA) is 94.1 Å². The molecule has 1 aromatic heterocycles. The number of phenols is 2. The molecule has 1 heterocycles. The number of hydrogen-bond acceptors (Lipinski definition) is 6. The highest BCUT2D eigenvalue weighted by Gasteiger charge is 2.21. The van der Waals surface area contributed by atoms with Gasteiger partial charge in [0.15, 0.2) is 5.43 Å². The van der Waals surface area contributed by atoms with E-state index in [9.17, 15) is 20.1 Å². The van der Waals surface area contributed by atoms with Crippen LogP contribution in [0.25, 0.3) is 22.3 Å². The minimum absolute atomic E-state index is 0.0392. The minimum atomic E-state index is -0.792. The van der Waals surface area contributed by atoms with Gasteiger partial charge in [-0.2, -0.15) is 0 Å². The summed E-state index contributed by atoms with van der Waals surface area (Å²) in [6, 6.07) is 9.27. The summed E-state index contributed by atoms with van der Waals surface area (Å²) in [4.78, 5) is 14.7. The van der Waals surface area contributed by atoms with Crippen LogP contribution in [-0.2, 0) is 6.42 Å². The van der Waals surface area contributed by atoms with E-state index in [4.69, 9.17) is 16.0 Å². The number of aliphatic hydroxyl groups excluding tert-OH is 1. The first-order valence-electron chi connectivity index (χ1n) is 9.45. The molecular weight excluding hydrogens is 394 g/mol. The van der Waals surface area contributed by atoms with Crippen LogP contribution in [0.1, 0.15) is 18.9 Å². The number of benzene rings is 2. The summed E-state index contributed by atoms with van der Waals surface area (Å²) in [6.45, 7) is 3.27. The Bertz CT molecular complexity index is 1080. The molecule has 1 atom stereocenters. The summed E-state index contributed by atoms with van der Waals surface area (Å²) in [5.41, 5.74) is 0.367. The Kier molecular flexibility index (Phi) is 6.47. The Hall–Kier alpha value is -2.54. The van der Waals surface area contributed by atoms with Crippen LogP contribution in [0.15, 0.2) is 45.6 Å². The Morgan fingerprint density at radius 2 is 1.90 bits per heavy atom. The highest BCUT2D eigenvalue weighted by Crippen LogP contribution is 2.37. The highest BCUT2D eigenvalue weighted by atomic mass is 35.5. The number of hydrogen-bond donors (Lipinski definition) is 3. The molecule has 6 nitrogen and oxygen atoms in total. The zero-order valence-corrected chi connectivity index (χ0v) is 17.1. The lowest BCUT2D eigenvalue weighted by Gasteiger charge is -2.20. The average Bonchev–Trinajstić information content (AvgIpc) is 2.64. The van der Waals surface area contributed by atoms with Gasteiger partial charge in [0.1, 0.15) is 28.2 Å². The second kappa shape index (κ2) is 8.86. The van der Waals surface area contributed by atoms with Crippen molar-refractivity contribution < 1.29 is 19.7 Å². The van der Waals surface area contributed by atoms with Crippen LogP contribution in [0.4, 0.5) is 0 Å². The molecule has 3 N–H and O–H groups in total. The Balaban J connectivity index is 2.12. The van der Waals surface area contributed by atoms with Crippen molar-refractivity contribution in [3.05, 3.63) is 57.2 Å². The summed E-state index contributed by atoms with van der Waals surface area (Å²) < 4.78 is 5.93. The van der Waals surface area contributed by atoms with Gasteiger partial charge in [0.05, 0.1) is 11.1 Å². The largest absolute Gasteiger partial charge is 0.507 e. The molecule has 0 bridgehead atoms. The molecular formula is C22H24ClNO5. The van der Waals surface area contributed by atoms with Crippen LogP contribution in [0, 0.1) is 0 Å². The lowest BCUT2D eigenvalue weighted by molar-refractivity contribution is 0.125. The second-order valence-corrected chi connectivity index (χ2v) is 7.58. The lowest BCUT2D eigenvalue weighted by atomic mass is 10.0. The van der Waals surface area contributed by atoms with Crippen molar-refractivity contribution in [2.45, 2.75) is 25.9 Å². The third-order valence-electron chi connectivity index (χ3n) is 4.77. The molecule has 0 saturated heterocycles. The van der Waals surface area contributed by atoms with Gasteiger partial charge in [-0.25, -0.2) is 0 Å². The Morgan fingerprint density at radius 3 is 2.59 bits per heavy atom. The van der Waals surface area contributed by atoms with Crippen LogP contribution in [0.5, 0.6) is 11.5 Å². The molecule has 7 heteroatoms. The number of aliphatic hydroxyl groups is 1. The number of likely N-dealkylation sites (N-methyl/N-ethyl adjacent to an activating group) is 1. The zero-order valence-electron chi connectivity index (χ0n) is 16.4. The first-order valence-corrected chi connectivity index (χ1v) is 9.82. The van der Waals surface area contributed by atoms with Crippen LogP contribution < -0.4 is 5.43 Å². The molecule has 0 aliphatic heterocycles. The highest BCUT2D eigenvalue weighted by molar-refractivity contribution is 6.33. The van der Waals surface area contributed by atoms with Crippen molar-refractivity contribution in [1.82, 2.24) is 4.90 Å². The molecule has 0 aliphatic rings. The van der Waals surface area contributed by atoms with Crippen molar-refractivity contribution in [2.24, 2.45) is 0 Å². The summed E-state index contributed by atoms with van der Waals surface area (Å²) in [5.74, 6) is -0.401. The van der Waals surface area contributed by atoms with Crippen molar-refractivity contribution >= 4 is 22.6 Å². The zero-order chi connectivity index (χ0) is 21.1. The molecule has 0 unspecified atom stereocenters. The number of nitrogens with zero attached hydrogens (tertiary/aromatic N) is 1. The molecule has 0 amide bonds. The maximum atomic E-state index is 12.7. The number of phenolic OH excluding ortho intramolecular Hbond substituents is 2. The van der Waals surface area contributed by atoms with E-state index in [1.165, 1.54) is 6.07 Å². The molecule has 0 spiro atoms. The average molecular weight is 418 g/mol. The van der Waals surface area contributed by atoms with Crippen molar-refractivity contribution in [3.63, 3.8) is 0 Å².